The Bertz CT molecular complexity index is 950. The van der Waals surface area contributed by atoms with Gasteiger partial charge in [0, 0.05) is 17.7 Å². The van der Waals surface area contributed by atoms with Crippen molar-refractivity contribution < 1.29 is 4.79 Å². The molecule has 5 nitrogen and oxygen atoms in total. The number of para-hydroxylation sites is 1. The Morgan fingerprint density at radius 1 is 1.14 bits per heavy atom. The number of amides is 1. The van der Waals surface area contributed by atoms with Crippen LogP contribution < -0.4 is 5.32 Å². The summed E-state index contributed by atoms with van der Waals surface area (Å²) in [5, 5.41) is 10.8. The van der Waals surface area contributed by atoms with E-state index in [0.717, 1.165) is 35.0 Å². The molecular formula is C23H26N4OS. The van der Waals surface area contributed by atoms with Gasteiger partial charge >= 0.3 is 0 Å². The number of H-pyrrole nitrogens is 1. The van der Waals surface area contributed by atoms with Crippen molar-refractivity contribution >= 4 is 23.4 Å². The lowest BCUT2D eigenvalue weighted by atomic mass is 10.0. The van der Waals surface area contributed by atoms with Crippen molar-refractivity contribution in [1.82, 2.24) is 15.2 Å². The first-order valence-electron chi connectivity index (χ1n) is 10.2. The van der Waals surface area contributed by atoms with Gasteiger partial charge in [0.05, 0.1) is 5.25 Å². The smallest absolute Gasteiger partial charge is 0.237 e. The van der Waals surface area contributed by atoms with Gasteiger partial charge in [-0.3, -0.25) is 9.89 Å². The molecule has 2 N–H and O–H groups in total. The highest BCUT2D eigenvalue weighted by Gasteiger charge is 2.20. The van der Waals surface area contributed by atoms with E-state index in [-0.39, 0.29) is 11.2 Å². The van der Waals surface area contributed by atoms with E-state index in [0.29, 0.717) is 5.16 Å². The van der Waals surface area contributed by atoms with Crippen molar-refractivity contribution in [2.24, 2.45) is 5.92 Å². The van der Waals surface area contributed by atoms with Crippen LogP contribution in [-0.2, 0) is 11.2 Å². The molecule has 1 unspecified atom stereocenters. The van der Waals surface area contributed by atoms with Gasteiger partial charge in [0.2, 0.25) is 11.1 Å². The van der Waals surface area contributed by atoms with E-state index in [1.54, 1.807) is 0 Å². The van der Waals surface area contributed by atoms with Gasteiger partial charge in [0.1, 0.15) is 5.82 Å². The monoisotopic (exact) mass is 406 g/mol. The molecule has 6 heteroatoms. The average molecular weight is 407 g/mol. The summed E-state index contributed by atoms with van der Waals surface area (Å²) < 4.78 is 0. The first kappa shape index (κ1) is 19.7. The molecule has 0 saturated heterocycles. The summed E-state index contributed by atoms with van der Waals surface area (Å²) in [6.07, 6.45) is 6.16. The Hall–Kier alpha value is -2.60. The lowest BCUT2D eigenvalue weighted by Crippen LogP contribution is -2.22. The van der Waals surface area contributed by atoms with Crippen LogP contribution in [0.25, 0.3) is 11.1 Å². The number of hydrogen-bond donors (Lipinski definition) is 2. The Labute approximate surface area is 175 Å². The normalized spacial score (nSPS) is 15.3. The average Bonchev–Trinajstić information content (AvgIpc) is 3.41. The summed E-state index contributed by atoms with van der Waals surface area (Å²) >= 11 is 1.39. The van der Waals surface area contributed by atoms with Crippen LogP contribution in [0.5, 0.6) is 0 Å². The number of benzene rings is 2. The molecule has 3 aromatic rings. The minimum Gasteiger partial charge on any atom is -0.325 e. The van der Waals surface area contributed by atoms with Gasteiger partial charge in [-0.05, 0) is 24.5 Å². The quantitative estimate of drug-likeness (QED) is 0.521. The number of carbonyl (C=O) groups is 1. The van der Waals surface area contributed by atoms with Crippen LogP contribution >= 0.6 is 11.8 Å². The second-order valence-electron chi connectivity index (χ2n) is 7.58. The fourth-order valence-electron chi connectivity index (χ4n) is 3.82. The first-order chi connectivity index (χ1) is 14.2. The van der Waals surface area contributed by atoms with Crippen molar-refractivity contribution in [2.45, 2.75) is 49.4 Å². The summed E-state index contributed by atoms with van der Waals surface area (Å²) in [4.78, 5) is 17.4. The van der Waals surface area contributed by atoms with Crippen LogP contribution in [-0.4, -0.2) is 26.3 Å². The fraction of sp³-hybridized carbons (Fsp3) is 0.348. The lowest BCUT2D eigenvalue weighted by Gasteiger charge is -2.14. The maximum absolute atomic E-state index is 12.8. The van der Waals surface area contributed by atoms with Crippen molar-refractivity contribution in [3.63, 3.8) is 0 Å². The number of nitrogens with one attached hydrogen (secondary N) is 2. The molecule has 1 saturated carbocycles. The van der Waals surface area contributed by atoms with Gasteiger partial charge in [0.25, 0.3) is 0 Å². The van der Waals surface area contributed by atoms with Gasteiger partial charge in [-0.25, -0.2) is 4.98 Å². The highest BCUT2D eigenvalue weighted by atomic mass is 32.2. The number of nitrogens with zero attached hydrogens (tertiary/aromatic N) is 2. The van der Waals surface area contributed by atoms with Crippen LogP contribution in [0.3, 0.4) is 0 Å². The molecular weight excluding hydrogens is 380 g/mol. The molecule has 150 valence electrons. The zero-order valence-corrected chi connectivity index (χ0v) is 17.4. The zero-order chi connectivity index (χ0) is 20.1. The minimum atomic E-state index is -0.297. The summed E-state index contributed by atoms with van der Waals surface area (Å²) in [7, 11) is 0. The van der Waals surface area contributed by atoms with Gasteiger partial charge in [-0.15, -0.1) is 5.10 Å². The van der Waals surface area contributed by atoms with E-state index in [1.165, 1.54) is 37.4 Å². The molecule has 0 aliphatic heterocycles. The first-order valence-corrected chi connectivity index (χ1v) is 11.1. The molecule has 0 spiro atoms. The molecule has 29 heavy (non-hydrogen) atoms. The molecule has 0 bridgehead atoms. The standard InChI is InChI=1S/C23H26N4OS/c1-16(29-23-25-21(26-27-23)15-17-9-5-6-10-17)22(28)24-20-14-8-7-13-19(20)18-11-3-2-4-12-18/h2-4,7-8,11-14,16-17H,5-6,9-10,15H2,1H3,(H,24,28)(H,25,26,27). The molecule has 1 heterocycles. The van der Waals surface area contributed by atoms with Crippen molar-refractivity contribution in [3.8, 4) is 11.1 Å². The zero-order valence-electron chi connectivity index (χ0n) is 16.6. The number of aromatic nitrogens is 3. The van der Waals surface area contributed by atoms with Crippen molar-refractivity contribution in [2.75, 3.05) is 5.32 Å². The minimum absolute atomic E-state index is 0.0551. The molecule has 1 fully saturated rings. The second-order valence-corrected chi connectivity index (χ2v) is 8.89. The molecule has 1 aliphatic rings. The van der Waals surface area contributed by atoms with E-state index in [4.69, 9.17) is 0 Å². The van der Waals surface area contributed by atoms with E-state index < -0.39 is 0 Å². The maximum Gasteiger partial charge on any atom is 0.237 e. The van der Waals surface area contributed by atoms with Crippen molar-refractivity contribution in [1.29, 1.82) is 0 Å². The molecule has 1 amide bonds. The van der Waals surface area contributed by atoms with Crippen molar-refractivity contribution in [3.05, 3.63) is 60.4 Å². The lowest BCUT2D eigenvalue weighted by molar-refractivity contribution is -0.115. The number of anilines is 1. The number of thioether (sulfide) groups is 1. The number of hydrogen-bond acceptors (Lipinski definition) is 4. The third-order valence-corrected chi connectivity index (χ3v) is 6.35. The summed E-state index contributed by atoms with van der Waals surface area (Å²) in [6.45, 7) is 1.89. The predicted molar refractivity (Wildman–Crippen MR) is 118 cm³/mol. The highest BCUT2D eigenvalue weighted by Crippen LogP contribution is 2.30. The molecule has 1 aliphatic carbocycles. The second kappa shape index (κ2) is 9.27. The molecule has 4 rings (SSSR count). The molecule has 1 atom stereocenters. The van der Waals surface area contributed by atoms with Gasteiger partial charge in [0.15, 0.2) is 0 Å². The van der Waals surface area contributed by atoms with E-state index >= 15 is 0 Å². The van der Waals surface area contributed by atoms with Crippen LogP contribution in [0, 0.1) is 5.92 Å². The molecule has 0 radical (unpaired) electrons. The largest absolute Gasteiger partial charge is 0.325 e. The predicted octanol–water partition coefficient (Wildman–Crippen LogP) is 5.32. The third-order valence-electron chi connectivity index (χ3n) is 5.39. The summed E-state index contributed by atoms with van der Waals surface area (Å²) in [6, 6.07) is 17.9. The Morgan fingerprint density at radius 2 is 1.86 bits per heavy atom. The Balaban J connectivity index is 1.39. The van der Waals surface area contributed by atoms with Gasteiger partial charge < -0.3 is 5.32 Å². The Morgan fingerprint density at radius 3 is 2.66 bits per heavy atom. The number of rotatable bonds is 7. The van der Waals surface area contributed by atoms with Gasteiger partial charge in [-0.2, -0.15) is 0 Å². The summed E-state index contributed by atoms with van der Waals surface area (Å²) in [5.41, 5.74) is 2.90. The summed E-state index contributed by atoms with van der Waals surface area (Å²) in [5.74, 6) is 1.60. The molecule has 1 aromatic heterocycles. The van der Waals surface area contributed by atoms with Crippen LogP contribution in [0.15, 0.2) is 59.8 Å². The maximum atomic E-state index is 12.8. The number of aromatic amines is 1. The fourth-order valence-corrected chi connectivity index (χ4v) is 4.56. The Kier molecular flexibility index (Phi) is 6.30. The van der Waals surface area contributed by atoms with Crippen LogP contribution in [0.1, 0.15) is 38.4 Å². The third kappa shape index (κ3) is 5.07. The number of carbonyl (C=O) groups excluding carboxylic acids is 1. The molecule has 2 aromatic carbocycles. The SMILES string of the molecule is CC(Sc1n[nH]c(CC2CCCC2)n1)C(=O)Nc1ccccc1-c1ccccc1. The van der Waals surface area contributed by atoms with Crippen LogP contribution in [0.2, 0.25) is 0 Å². The topological polar surface area (TPSA) is 70.7 Å². The van der Waals surface area contributed by atoms with E-state index in [9.17, 15) is 4.79 Å². The highest BCUT2D eigenvalue weighted by molar-refractivity contribution is 8.00. The van der Waals surface area contributed by atoms with E-state index in [1.807, 2.05) is 61.5 Å². The van der Waals surface area contributed by atoms with E-state index in [2.05, 4.69) is 20.5 Å². The van der Waals surface area contributed by atoms with Gasteiger partial charge in [-0.1, -0.05) is 86.0 Å². The van der Waals surface area contributed by atoms with Crippen LogP contribution in [0.4, 0.5) is 5.69 Å².